The molecule has 9 heteroatoms. The van der Waals surface area contributed by atoms with Crippen LogP contribution < -0.4 is 4.90 Å². The van der Waals surface area contributed by atoms with Crippen LogP contribution in [0.25, 0.3) is 11.0 Å². The smallest absolute Gasteiger partial charge is 0.214 e. The zero-order valence-electron chi connectivity index (χ0n) is 17.2. The number of fused-ring (bicyclic) bond motifs is 1. The summed E-state index contributed by atoms with van der Waals surface area (Å²) >= 11 is 0. The molecule has 1 saturated heterocycles. The Labute approximate surface area is 172 Å². The lowest BCUT2D eigenvalue weighted by Crippen LogP contribution is -2.48. The number of hydrogen-bond acceptors (Lipinski definition) is 6. The molecule has 0 radical (unpaired) electrons. The van der Waals surface area contributed by atoms with Gasteiger partial charge in [-0.1, -0.05) is 0 Å². The SMILES string of the molecule is CCOCC1CCN(S(=O)(=O)C[C@H]2C[C@@H](N(C)c3ncnc4[nH]ccc34)C2)CC1. The van der Waals surface area contributed by atoms with Crippen LogP contribution in [0.4, 0.5) is 5.82 Å². The van der Waals surface area contributed by atoms with Gasteiger partial charge in [0.2, 0.25) is 10.0 Å². The molecule has 0 aromatic carbocycles. The molecule has 1 saturated carbocycles. The van der Waals surface area contributed by atoms with Crippen molar-refractivity contribution < 1.29 is 13.2 Å². The van der Waals surface area contributed by atoms with Crippen molar-refractivity contribution >= 4 is 26.9 Å². The first-order chi connectivity index (χ1) is 14.0. The molecule has 29 heavy (non-hydrogen) atoms. The van der Waals surface area contributed by atoms with E-state index in [2.05, 4.69) is 19.9 Å². The number of aromatic amines is 1. The average Bonchev–Trinajstić information content (AvgIpc) is 3.17. The van der Waals surface area contributed by atoms with Crippen molar-refractivity contribution in [3.63, 3.8) is 0 Å². The van der Waals surface area contributed by atoms with Gasteiger partial charge in [-0.3, -0.25) is 0 Å². The van der Waals surface area contributed by atoms with E-state index in [-0.39, 0.29) is 11.7 Å². The van der Waals surface area contributed by atoms with E-state index in [1.165, 1.54) is 0 Å². The highest BCUT2D eigenvalue weighted by Gasteiger charge is 2.38. The molecule has 0 bridgehead atoms. The Morgan fingerprint density at radius 1 is 1.24 bits per heavy atom. The summed E-state index contributed by atoms with van der Waals surface area (Å²) in [6, 6.07) is 2.30. The zero-order chi connectivity index (χ0) is 20.4. The molecule has 2 aromatic rings. The maximum absolute atomic E-state index is 12.9. The van der Waals surface area contributed by atoms with Crippen LogP contribution in [0.2, 0.25) is 0 Å². The van der Waals surface area contributed by atoms with E-state index >= 15 is 0 Å². The van der Waals surface area contributed by atoms with Crippen LogP contribution >= 0.6 is 0 Å². The van der Waals surface area contributed by atoms with Crippen molar-refractivity contribution in [2.24, 2.45) is 11.8 Å². The fraction of sp³-hybridized carbons (Fsp3) is 0.700. The van der Waals surface area contributed by atoms with Gasteiger partial charge in [0, 0.05) is 45.6 Å². The van der Waals surface area contributed by atoms with E-state index in [0.717, 1.165) is 55.7 Å². The molecule has 0 atom stereocenters. The first-order valence-corrected chi connectivity index (χ1v) is 12.1. The van der Waals surface area contributed by atoms with Crippen molar-refractivity contribution in [2.75, 3.05) is 44.0 Å². The van der Waals surface area contributed by atoms with Gasteiger partial charge >= 0.3 is 0 Å². The maximum atomic E-state index is 12.9. The molecular formula is C20H31N5O3S. The maximum Gasteiger partial charge on any atom is 0.214 e. The monoisotopic (exact) mass is 421 g/mol. The molecule has 0 spiro atoms. The summed E-state index contributed by atoms with van der Waals surface area (Å²) in [5.41, 5.74) is 0.827. The number of sulfonamides is 1. The normalized spacial score (nSPS) is 23.9. The molecule has 8 nitrogen and oxygen atoms in total. The van der Waals surface area contributed by atoms with E-state index in [4.69, 9.17) is 4.74 Å². The molecule has 1 aliphatic carbocycles. The molecule has 160 valence electrons. The van der Waals surface area contributed by atoms with E-state index in [1.54, 1.807) is 10.6 Å². The van der Waals surface area contributed by atoms with Crippen LogP contribution in [0.3, 0.4) is 0 Å². The van der Waals surface area contributed by atoms with Crippen LogP contribution in [0.1, 0.15) is 32.6 Å². The van der Waals surface area contributed by atoms with Crippen LogP contribution in [-0.2, 0) is 14.8 Å². The minimum atomic E-state index is -3.18. The molecule has 2 fully saturated rings. The van der Waals surface area contributed by atoms with Crippen LogP contribution in [-0.4, -0.2) is 72.8 Å². The Bertz CT molecular complexity index is 917. The summed E-state index contributed by atoms with van der Waals surface area (Å²) in [5, 5.41) is 1.00. The predicted molar refractivity (Wildman–Crippen MR) is 113 cm³/mol. The fourth-order valence-corrected chi connectivity index (χ4v) is 6.35. The number of nitrogens with one attached hydrogen (secondary N) is 1. The summed E-state index contributed by atoms with van der Waals surface area (Å²) in [7, 11) is -1.15. The second-order valence-electron chi connectivity index (χ2n) is 8.32. The van der Waals surface area contributed by atoms with Crippen molar-refractivity contribution in [1.82, 2.24) is 19.3 Å². The quantitative estimate of drug-likeness (QED) is 0.703. The fourth-order valence-electron chi connectivity index (χ4n) is 4.51. The molecule has 4 rings (SSSR count). The first-order valence-electron chi connectivity index (χ1n) is 10.5. The van der Waals surface area contributed by atoms with Crippen molar-refractivity contribution in [3.05, 3.63) is 18.6 Å². The number of H-pyrrole nitrogens is 1. The van der Waals surface area contributed by atoms with Crippen molar-refractivity contribution in [3.8, 4) is 0 Å². The summed E-state index contributed by atoms with van der Waals surface area (Å²) in [4.78, 5) is 14.0. The lowest BCUT2D eigenvalue weighted by molar-refractivity contribution is 0.0882. The third-order valence-corrected chi connectivity index (χ3v) is 8.44. The second-order valence-corrected chi connectivity index (χ2v) is 10.3. The highest BCUT2D eigenvalue weighted by molar-refractivity contribution is 7.89. The highest BCUT2D eigenvalue weighted by atomic mass is 32.2. The molecule has 3 heterocycles. The van der Waals surface area contributed by atoms with Crippen molar-refractivity contribution in [2.45, 2.75) is 38.6 Å². The summed E-state index contributed by atoms with van der Waals surface area (Å²) < 4.78 is 32.9. The van der Waals surface area contributed by atoms with E-state index in [0.29, 0.717) is 25.0 Å². The van der Waals surface area contributed by atoms with E-state index in [9.17, 15) is 8.42 Å². The van der Waals surface area contributed by atoms with Gasteiger partial charge in [-0.25, -0.2) is 22.7 Å². The van der Waals surface area contributed by atoms with Gasteiger partial charge in [0.15, 0.2) is 0 Å². The average molecular weight is 422 g/mol. The third-order valence-electron chi connectivity index (χ3n) is 6.40. The van der Waals surface area contributed by atoms with E-state index in [1.807, 2.05) is 26.2 Å². The van der Waals surface area contributed by atoms with Gasteiger partial charge in [-0.2, -0.15) is 0 Å². The summed E-state index contributed by atoms with van der Waals surface area (Å²) in [6.07, 6.45) is 7.00. The van der Waals surface area contributed by atoms with Crippen molar-refractivity contribution in [1.29, 1.82) is 0 Å². The minimum Gasteiger partial charge on any atom is -0.381 e. The number of aromatic nitrogens is 3. The van der Waals surface area contributed by atoms with Gasteiger partial charge in [-0.15, -0.1) is 0 Å². The minimum absolute atomic E-state index is 0.220. The number of anilines is 1. The van der Waals surface area contributed by atoms with Gasteiger partial charge < -0.3 is 14.6 Å². The molecular weight excluding hydrogens is 390 g/mol. The zero-order valence-corrected chi connectivity index (χ0v) is 18.1. The molecule has 0 unspecified atom stereocenters. The number of ether oxygens (including phenoxy) is 1. The van der Waals surface area contributed by atoms with Gasteiger partial charge in [0.05, 0.1) is 11.1 Å². The van der Waals surface area contributed by atoms with Gasteiger partial charge in [-0.05, 0) is 50.5 Å². The van der Waals surface area contributed by atoms with Crippen LogP contribution in [0.15, 0.2) is 18.6 Å². The molecule has 1 N–H and O–H groups in total. The largest absolute Gasteiger partial charge is 0.381 e. The second kappa shape index (κ2) is 8.57. The lowest BCUT2D eigenvalue weighted by Gasteiger charge is -2.42. The highest BCUT2D eigenvalue weighted by Crippen LogP contribution is 2.36. The lowest BCUT2D eigenvalue weighted by atomic mass is 9.81. The van der Waals surface area contributed by atoms with Crippen LogP contribution in [0.5, 0.6) is 0 Å². The summed E-state index contributed by atoms with van der Waals surface area (Å²) in [6.45, 7) is 4.72. The Morgan fingerprint density at radius 2 is 2.00 bits per heavy atom. The van der Waals surface area contributed by atoms with Crippen LogP contribution in [0, 0.1) is 11.8 Å². The standard InChI is InChI=1S/C20H31N5O3S/c1-3-28-12-15-5-8-25(9-6-15)29(26,27)13-16-10-17(11-16)24(2)20-18-4-7-21-19(18)22-14-23-20/h4,7,14-17H,3,5-6,8-13H2,1-2H3,(H,21,22,23)/t16-,17+. The Morgan fingerprint density at radius 3 is 2.72 bits per heavy atom. The molecule has 2 aromatic heterocycles. The number of nitrogens with zero attached hydrogens (tertiary/aromatic N) is 4. The number of rotatable bonds is 8. The topological polar surface area (TPSA) is 91.4 Å². The van der Waals surface area contributed by atoms with E-state index < -0.39 is 10.0 Å². The molecule has 2 aliphatic rings. The first kappa shape index (κ1) is 20.6. The molecule has 0 amide bonds. The predicted octanol–water partition coefficient (Wildman–Crippen LogP) is 2.25. The number of piperidine rings is 1. The Balaban J connectivity index is 1.28. The van der Waals surface area contributed by atoms with Gasteiger partial charge in [0.25, 0.3) is 0 Å². The summed E-state index contributed by atoms with van der Waals surface area (Å²) in [5.74, 6) is 1.87. The third kappa shape index (κ3) is 4.41. The Kier molecular flexibility index (Phi) is 6.08. The Hall–Kier alpha value is -1.71. The number of hydrogen-bond donors (Lipinski definition) is 1. The van der Waals surface area contributed by atoms with Gasteiger partial charge in [0.1, 0.15) is 17.8 Å². The molecule has 1 aliphatic heterocycles.